The van der Waals surface area contributed by atoms with Gasteiger partial charge in [-0.2, -0.15) is 0 Å². The number of esters is 2. The Morgan fingerprint density at radius 2 is 0.852 bits per heavy atom. The highest BCUT2D eigenvalue weighted by molar-refractivity contribution is 7.47. The van der Waals surface area contributed by atoms with Gasteiger partial charge in [0.25, 0.3) is 0 Å². The first-order chi connectivity index (χ1) is 29.5. The topological polar surface area (TPSA) is 108 Å². The number of allylic oxidation sites excluding steroid dienone is 2. The van der Waals surface area contributed by atoms with Crippen molar-refractivity contribution in [3.63, 3.8) is 0 Å². The average molecular weight is 887 g/mol. The predicted molar refractivity (Wildman–Crippen MR) is 257 cm³/mol. The molecule has 10 heteroatoms. The zero-order chi connectivity index (χ0) is 45.0. The van der Waals surface area contributed by atoms with Crippen LogP contribution in [0, 0.1) is 0 Å². The van der Waals surface area contributed by atoms with E-state index in [-0.39, 0.29) is 25.6 Å². The van der Waals surface area contributed by atoms with E-state index in [9.17, 15) is 19.0 Å². The normalized spacial score (nSPS) is 13.5. The number of quaternary nitrogens is 1. The molecule has 61 heavy (non-hydrogen) atoms. The van der Waals surface area contributed by atoms with Gasteiger partial charge in [-0.25, -0.2) is 4.57 Å². The summed E-state index contributed by atoms with van der Waals surface area (Å²) in [5.41, 5.74) is 0. The van der Waals surface area contributed by atoms with Crippen LogP contribution < -0.4 is 0 Å². The summed E-state index contributed by atoms with van der Waals surface area (Å²) in [5, 5.41) is 0. The first kappa shape index (κ1) is 59.8. The van der Waals surface area contributed by atoms with Crippen LogP contribution in [0.2, 0.25) is 0 Å². The predicted octanol–water partition coefficient (Wildman–Crippen LogP) is 15.3. The zero-order valence-corrected chi connectivity index (χ0v) is 41.8. The molecule has 362 valence electrons. The molecule has 0 aliphatic heterocycles. The minimum absolute atomic E-state index is 0.0350. The average Bonchev–Trinajstić information content (AvgIpc) is 3.21. The van der Waals surface area contributed by atoms with Crippen LogP contribution in [-0.2, 0) is 32.7 Å². The van der Waals surface area contributed by atoms with Crippen LogP contribution >= 0.6 is 7.82 Å². The van der Waals surface area contributed by atoms with E-state index in [2.05, 4.69) is 26.0 Å². The van der Waals surface area contributed by atoms with Crippen molar-refractivity contribution in [2.24, 2.45) is 0 Å². The molecule has 0 aromatic carbocycles. The first-order valence-electron chi connectivity index (χ1n) is 25.9. The second-order valence-electron chi connectivity index (χ2n) is 18.9. The number of ether oxygens (including phenoxy) is 2. The van der Waals surface area contributed by atoms with Crippen LogP contribution in [0.4, 0.5) is 0 Å². The van der Waals surface area contributed by atoms with Crippen LogP contribution in [0.15, 0.2) is 12.2 Å². The minimum Gasteiger partial charge on any atom is -0.462 e. The molecule has 9 nitrogen and oxygen atoms in total. The minimum atomic E-state index is -4.37. The molecule has 0 aliphatic rings. The first-order valence-corrected chi connectivity index (χ1v) is 27.4. The van der Waals surface area contributed by atoms with E-state index in [0.29, 0.717) is 23.9 Å². The highest BCUT2D eigenvalue weighted by Crippen LogP contribution is 2.43. The Kier molecular flexibility index (Phi) is 43.1. The summed E-state index contributed by atoms with van der Waals surface area (Å²) in [6.07, 6.45) is 48.3. The molecule has 0 aliphatic carbocycles. The summed E-state index contributed by atoms with van der Waals surface area (Å²) >= 11 is 0. The van der Waals surface area contributed by atoms with Crippen molar-refractivity contribution >= 4 is 19.8 Å². The van der Waals surface area contributed by atoms with Crippen molar-refractivity contribution in [2.45, 2.75) is 258 Å². The van der Waals surface area contributed by atoms with Crippen LogP contribution in [-0.4, -0.2) is 74.9 Å². The van der Waals surface area contributed by atoms with Crippen molar-refractivity contribution in [3.8, 4) is 0 Å². The van der Waals surface area contributed by atoms with Gasteiger partial charge >= 0.3 is 19.8 Å². The zero-order valence-electron chi connectivity index (χ0n) is 40.9. The smallest absolute Gasteiger partial charge is 0.462 e. The van der Waals surface area contributed by atoms with Gasteiger partial charge in [-0.3, -0.25) is 18.6 Å². The van der Waals surface area contributed by atoms with Crippen LogP contribution in [0.3, 0.4) is 0 Å². The highest BCUT2D eigenvalue weighted by atomic mass is 31.2. The molecule has 0 fully saturated rings. The second kappa shape index (κ2) is 44.0. The Bertz CT molecular complexity index is 1050. The number of rotatable bonds is 48. The summed E-state index contributed by atoms with van der Waals surface area (Å²) in [4.78, 5) is 35.5. The van der Waals surface area contributed by atoms with Gasteiger partial charge in [-0.1, -0.05) is 219 Å². The van der Waals surface area contributed by atoms with Gasteiger partial charge in [-0.05, 0) is 32.1 Å². The van der Waals surface area contributed by atoms with E-state index in [0.717, 1.165) is 32.1 Å². The fraction of sp³-hybridized carbons (Fsp3) is 0.922. The van der Waals surface area contributed by atoms with Crippen molar-refractivity contribution in [2.75, 3.05) is 47.5 Å². The molecule has 0 heterocycles. The number of carbonyl (C=O) groups excluding carboxylic acids is 2. The quantitative estimate of drug-likeness (QED) is 0.0212. The Labute approximate surface area is 377 Å². The third-order valence-corrected chi connectivity index (χ3v) is 12.5. The fourth-order valence-electron chi connectivity index (χ4n) is 7.47. The molecule has 1 unspecified atom stereocenters. The molecular weight excluding hydrogens is 786 g/mol. The number of hydrogen-bond donors (Lipinski definition) is 1. The molecule has 1 N–H and O–H groups in total. The second-order valence-corrected chi connectivity index (χ2v) is 20.4. The Hall–Kier alpha value is -1.25. The van der Waals surface area contributed by atoms with Crippen LogP contribution in [0.1, 0.15) is 251 Å². The molecule has 0 aromatic rings. The van der Waals surface area contributed by atoms with Gasteiger partial charge in [0.15, 0.2) is 6.10 Å². The SMILES string of the molecule is CCCC/C=C/CCCCCCCCCCCC(=O)OC[C@H](COP(=O)(O)OCC[N+](C)(C)C)OC(=O)CCCCCCCCCCCCCCCCCCCCCCCC. The number of nitrogens with zero attached hydrogens (tertiary/aromatic N) is 1. The van der Waals surface area contributed by atoms with E-state index >= 15 is 0 Å². The van der Waals surface area contributed by atoms with E-state index in [4.69, 9.17) is 18.5 Å². The van der Waals surface area contributed by atoms with Crippen LogP contribution in [0.5, 0.6) is 0 Å². The lowest BCUT2D eigenvalue weighted by Crippen LogP contribution is -2.37. The molecule has 0 bridgehead atoms. The number of likely N-dealkylation sites (N-methyl/N-ethyl adjacent to an activating group) is 1. The van der Waals surface area contributed by atoms with Gasteiger partial charge in [0.05, 0.1) is 27.7 Å². The largest absolute Gasteiger partial charge is 0.472 e. The lowest BCUT2D eigenvalue weighted by atomic mass is 10.0. The third-order valence-electron chi connectivity index (χ3n) is 11.5. The summed E-state index contributed by atoms with van der Waals surface area (Å²) in [5.74, 6) is -0.786. The van der Waals surface area contributed by atoms with Gasteiger partial charge in [0.1, 0.15) is 19.8 Å². The monoisotopic (exact) mass is 887 g/mol. The maximum absolute atomic E-state index is 12.8. The molecule has 0 rings (SSSR count). The molecule has 0 saturated heterocycles. The standard InChI is InChI=1S/C51H100NO8P/c1-6-8-10-12-14-16-18-20-22-23-24-25-26-27-28-30-32-34-36-38-40-42-44-51(54)60-49(48-59-61(55,56)58-46-45-52(3,4)5)47-57-50(53)43-41-39-37-35-33-31-29-21-19-17-15-13-11-9-7-2/h13,15,49H,6-12,14,16-48H2,1-5H3/p+1/b15-13+/t49-/m1/s1. The fourth-order valence-corrected chi connectivity index (χ4v) is 8.21. The van der Waals surface area contributed by atoms with Crippen molar-refractivity contribution < 1.29 is 42.1 Å². The van der Waals surface area contributed by atoms with Gasteiger partial charge in [0.2, 0.25) is 0 Å². The summed E-state index contributed by atoms with van der Waals surface area (Å²) in [7, 11) is 1.49. The maximum atomic E-state index is 12.8. The third kappa shape index (κ3) is 48.1. The molecule has 0 radical (unpaired) electrons. The van der Waals surface area contributed by atoms with Crippen molar-refractivity contribution in [3.05, 3.63) is 12.2 Å². The number of unbranched alkanes of at least 4 members (excludes halogenated alkanes) is 32. The van der Waals surface area contributed by atoms with E-state index in [1.807, 2.05) is 21.1 Å². The van der Waals surface area contributed by atoms with Crippen LogP contribution in [0.25, 0.3) is 0 Å². The Morgan fingerprint density at radius 1 is 0.492 bits per heavy atom. The summed E-state index contributed by atoms with van der Waals surface area (Å²) < 4.78 is 34.5. The summed E-state index contributed by atoms with van der Waals surface area (Å²) in [6.45, 7) is 4.44. The summed E-state index contributed by atoms with van der Waals surface area (Å²) in [6, 6.07) is 0. The van der Waals surface area contributed by atoms with E-state index in [1.165, 1.54) is 186 Å². The van der Waals surface area contributed by atoms with Crippen molar-refractivity contribution in [1.82, 2.24) is 0 Å². The van der Waals surface area contributed by atoms with Gasteiger partial charge in [0, 0.05) is 12.8 Å². The molecule has 2 atom stereocenters. The van der Waals surface area contributed by atoms with E-state index in [1.54, 1.807) is 0 Å². The molecule has 0 spiro atoms. The molecule has 0 aromatic heterocycles. The number of phosphoric ester groups is 1. The lowest BCUT2D eigenvalue weighted by Gasteiger charge is -2.24. The Balaban J connectivity index is 4.18. The van der Waals surface area contributed by atoms with Gasteiger partial charge in [-0.15, -0.1) is 0 Å². The molecule has 0 saturated carbocycles. The maximum Gasteiger partial charge on any atom is 0.472 e. The van der Waals surface area contributed by atoms with Gasteiger partial charge < -0.3 is 18.9 Å². The Morgan fingerprint density at radius 3 is 1.26 bits per heavy atom. The van der Waals surface area contributed by atoms with E-state index < -0.39 is 26.5 Å². The molecular formula is C51H101NO8P+. The number of phosphoric acid groups is 1. The lowest BCUT2D eigenvalue weighted by molar-refractivity contribution is -0.870. The number of hydrogen-bond acceptors (Lipinski definition) is 7. The molecule has 0 amide bonds. The number of carbonyl (C=O) groups is 2. The van der Waals surface area contributed by atoms with Crippen molar-refractivity contribution in [1.29, 1.82) is 0 Å². The highest BCUT2D eigenvalue weighted by Gasteiger charge is 2.27.